The number of aromatic nitrogens is 2. The highest BCUT2D eigenvalue weighted by atomic mass is 35.5. The van der Waals surface area contributed by atoms with Crippen LogP contribution in [-0.2, 0) is 0 Å². The van der Waals surface area contributed by atoms with Crippen molar-refractivity contribution in [3.8, 4) is 17.4 Å². The fourth-order valence-corrected chi connectivity index (χ4v) is 3.66. The molecule has 31 heavy (non-hydrogen) atoms. The number of carbonyl (C=O) groups excluding carboxylic acids is 1. The molecule has 0 radical (unpaired) electrons. The Morgan fingerprint density at radius 3 is 2.55 bits per heavy atom. The predicted molar refractivity (Wildman–Crippen MR) is 119 cm³/mol. The van der Waals surface area contributed by atoms with Gasteiger partial charge in [0.05, 0.1) is 7.11 Å². The highest BCUT2D eigenvalue weighted by Gasteiger charge is 2.23. The molecule has 3 aromatic rings. The lowest BCUT2D eigenvalue weighted by Gasteiger charge is -2.35. The van der Waals surface area contributed by atoms with Gasteiger partial charge in [-0.25, -0.2) is 9.97 Å². The largest absolute Gasteiger partial charge is 0.493 e. The van der Waals surface area contributed by atoms with Crippen LogP contribution in [-0.4, -0.2) is 54.1 Å². The van der Waals surface area contributed by atoms with Crippen LogP contribution >= 0.6 is 11.6 Å². The standard InChI is InChI=1S/C23H23ClN4O3/c1-16-6-7-19(20(12-16)30-2)31-22-14-21(25-15-26-22)27-8-10-28(11-9-27)23(29)17-4-3-5-18(24)13-17/h3-7,12-15H,8-11H2,1-2H3. The molecule has 1 aliphatic heterocycles. The van der Waals surface area contributed by atoms with Gasteiger partial charge in [-0.2, -0.15) is 0 Å². The summed E-state index contributed by atoms with van der Waals surface area (Å²) in [5, 5.41) is 0.559. The molecule has 0 atom stereocenters. The molecule has 1 aromatic heterocycles. The maximum absolute atomic E-state index is 12.7. The summed E-state index contributed by atoms with van der Waals surface area (Å²) in [6.45, 7) is 4.51. The number of aryl methyl sites for hydroxylation is 1. The van der Waals surface area contributed by atoms with Crippen molar-refractivity contribution in [1.82, 2.24) is 14.9 Å². The minimum atomic E-state index is -0.0136. The van der Waals surface area contributed by atoms with Crippen LogP contribution in [0.4, 0.5) is 5.82 Å². The van der Waals surface area contributed by atoms with Crippen molar-refractivity contribution in [2.45, 2.75) is 6.92 Å². The average molecular weight is 439 g/mol. The van der Waals surface area contributed by atoms with Gasteiger partial charge in [0.15, 0.2) is 11.5 Å². The number of hydrogen-bond donors (Lipinski definition) is 0. The Morgan fingerprint density at radius 2 is 1.81 bits per heavy atom. The second-order valence-corrected chi connectivity index (χ2v) is 7.70. The van der Waals surface area contributed by atoms with Crippen molar-refractivity contribution in [2.75, 3.05) is 38.2 Å². The van der Waals surface area contributed by atoms with E-state index in [1.807, 2.05) is 30.0 Å². The molecule has 0 unspecified atom stereocenters. The van der Waals surface area contributed by atoms with E-state index in [9.17, 15) is 4.79 Å². The van der Waals surface area contributed by atoms with E-state index in [0.29, 0.717) is 54.1 Å². The first-order valence-corrected chi connectivity index (χ1v) is 10.4. The van der Waals surface area contributed by atoms with Crippen LogP contribution in [0.1, 0.15) is 15.9 Å². The molecular formula is C23H23ClN4O3. The number of halogens is 1. The molecule has 1 amide bonds. The molecule has 0 saturated carbocycles. The zero-order valence-corrected chi connectivity index (χ0v) is 18.2. The molecule has 0 N–H and O–H groups in total. The molecule has 1 aliphatic rings. The number of rotatable bonds is 5. The van der Waals surface area contributed by atoms with Gasteiger partial charge in [0, 0.05) is 42.8 Å². The zero-order chi connectivity index (χ0) is 21.8. The molecule has 0 bridgehead atoms. The molecule has 1 fully saturated rings. The SMILES string of the molecule is COc1cc(C)ccc1Oc1cc(N2CCN(C(=O)c3cccc(Cl)c3)CC2)ncn1. The van der Waals surface area contributed by atoms with E-state index in [-0.39, 0.29) is 5.91 Å². The third-order valence-electron chi connectivity index (χ3n) is 5.12. The Balaban J connectivity index is 1.42. The van der Waals surface area contributed by atoms with E-state index in [0.717, 1.165) is 11.4 Å². The average Bonchev–Trinajstić information content (AvgIpc) is 2.80. The Bertz CT molecular complexity index is 1080. The van der Waals surface area contributed by atoms with Crippen molar-refractivity contribution in [3.63, 3.8) is 0 Å². The quantitative estimate of drug-likeness (QED) is 0.594. The molecule has 1 saturated heterocycles. The van der Waals surface area contributed by atoms with Gasteiger partial charge in [-0.15, -0.1) is 0 Å². The van der Waals surface area contributed by atoms with E-state index in [1.54, 1.807) is 37.4 Å². The number of anilines is 1. The van der Waals surface area contributed by atoms with Gasteiger partial charge in [0.25, 0.3) is 5.91 Å². The number of ether oxygens (including phenoxy) is 2. The van der Waals surface area contributed by atoms with Gasteiger partial charge in [0.2, 0.25) is 5.88 Å². The van der Waals surface area contributed by atoms with Crippen LogP contribution in [0, 0.1) is 6.92 Å². The normalized spacial score (nSPS) is 13.8. The van der Waals surface area contributed by atoms with E-state index in [2.05, 4.69) is 14.9 Å². The van der Waals surface area contributed by atoms with E-state index in [4.69, 9.17) is 21.1 Å². The van der Waals surface area contributed by atoms with Crippen molar-refractivity contribution in [1.29, 1.82) is 0 Å². The molecule has 160 valence electrons. The second-order valence-electron chi connectivity index (χ2n) is 7.26. The minimum Gasteiger partial charge on any atom is -0.493 e. The van der Waals surface area contributed by atoms with E-state index < -0.39 is 0 Å². The Labute approximate surface area is 186 Å². The van der Waals surface area contributed by atoms with Crippen molar-refractivity contribution in [3.05, 3.63) is 71.0 Å². The van der Waals surface area contributed by atoms with Crippen molar-refractivity contribution in [2.24, 2.45) is 0 Å². The monoisotopic (exact) mass is 438 g/mol. The number of nitrogens with zero attached hydrogens (tertiary/aromatic N) is 4. The van der Waals surface area contributed by atoms with Gasteiger partial charge >= 0.3 is 0 Å². The number of methoxy groups -OCH3 is 1. The van der Waals surface area contributed by atoms with E-state index >= 15 is 0 Å². The smallest absolute Gasteiger partial charge is 0.254 e. The molecule has 7 nitrogen and oxygen atoms in total. The maximum Gasteiger partial charge on any atom is 0.254 e. The van der Waals surface area contributed by atoms with Gasteiger partial charge in [-0.3, -0.25) is 4.79 Å². The first-order chi connectivity index (χ1) is 15.0. The molecule has 2 aromatic carbocycles. The molecule has 0 spiro atoms. The molecular weight excluding hydrogens is 416 g/mol. The molecule has 0 aliphatic carbocycles. The third-order valence-corrected chi connectivity index (χ3v) is 5.36. The molecule has 4 rings (SSSR count). The topological polar surface area (TPSA) is 67.8 Å². The summed E-state index contributed by atoms with van der Waals surface area (Å²) in [5.41, 5.74) is 1.68. The highest BCUT2D eigenvalue weighted by Crippen LogP contribution is 2.32. The van der Waals surface area contributed by atoms with Crippen LogP contribution in [0.25, 0.3) is 0 Å². The lowest BCUT2D eigenvalue weighted by Crippen LogP contribution is -2.49. The minimum absolute atomic E-state index is 0.0136. The second kappa shape index (κ2) is 9.22. The van der Waals surface area contributed by atoms with Crippen LogP contribution in [0.5, 0.6) is 17.4 Å². The summed E-state index contributed by atoms with van der Waals surface area (Å²) in [7, 11) is 1.61. The van der Waals surface area contributed by atoms with Crippen molar-refractivity contribution >= 4 is 23.3 Å². The Kier molecular flexibility index (Phi) is 6.23. The van der Waals surface area contributed by atoms with Crippen LogP contribution in [0.15, 0.2) is 54.9 Å². The fraction of sp³-hybridized carbons (Fsp3) is 0.261. The molecule has 2 heterocycles. The van der Waals surface area contributed by atoms with E-state index in [1.165, 1.54) is 6.33 Å². The van der Waals surface area contributed by atoms with Gasteiger partial charge in [0.1, 0.15) is 12.1 Å². The predicted octanol–water partition coefficient (Wildman–Crippen LogP) is 4.20. The summed E-state index contributed by atoms with van der Waals surface area (Å²) in [5.74, 6) is 2.42. The number of carbonyl (C=O) groups is 1. The lowest BCUT2D eigenvalue weighted by molar-refractivity contribution is 0.0746. The number of piperazine rings is 1. The number of benzene rings is 2. The third kappa shape index (κ3) is 4.88. The van der Waals surface area contributed by atoms with Gasteiger partial charge in [-0.1, -0.05) is 23.7 Å². The summed E-state index contributed by atoms with van der Waals surface area (Å²) in [6.07, 6.45) is 1.48. The first-order valence-electron chi connectivity index (χ1n) is 9.98. The van der Waals surface area contributed by atoms with Crippen molar-refractivity contribution < 1.29 is 14.3 Å². The highest BCUT2D eigenvalue weighted by molar-refractivity contribution is 6.30. The van der Waals surface area contributed by atoms with Gasteiger partial charge < -0.3 is 19.3 Å². The Hall–Kier alpha value is -3.32. The molecule has 8 heteroatoms. The first kappa shape index (κ1) is 20.9. The van der Waals surface area contributed by atoms with Crippen LogP contribution in [0.3, 0.4) is 0 Å². The van der Waals surface area contributed by atoms with Crippen LogP contribution in [0.2, 0.25) is 5.02 Å². The fourth-order valence-electron chi connectivity index (χ4n) is 3.47. The van der Waals surface area contributed by atoms with Crippen LogP contribution < -0.4 is 14.4 Å². The lowest BCUT2D eigenvalue weighted by atomic mass is 10.2. The number of amides is 1. The summed E-state index contributed by atoms with van der Waals surface area (Å²) >= 11 is 6.02. The summed E-state index contributed by atoms with van der Waals surface area (Å²) < 4.78 is 11.3. The van der Waals surface area contributed by atoms with Gasteiger partial charge in [-0.05, 0) is 42.8 Å². The summed E-state index contributed by atoms with van der Waals surface area (Å²) in [4.78, 5) is 25.3. The number of hydrogen-bond acceptors (Lipinski definition) is 6. The maximum atomic E-state index is 12.7. The zero-order valence-electron chi connectivity index (χ0n) is 17.4. The Morgan fingerprint density at radius 1 is 1.00 bits per heavy atom. The summed E-state index contributed by atoms with van der Waals surface area (Å²) in [6, 6.07) is 14.6.